The summed E-state index contributed by atoms with van der Waals surface area (Å²) in [6.45, 7) is 1.56. The van der Waals surface area contributed by atoms with E-state index in [0.29, 0.717) is 12.2 Å². The Balaban J connectivity index is 1.79. The number of hydroxylamine groups is 1. The molecule has 0 spiro atoms. The number of amides is 2. The molecule has 0 aromatic carbocycles. The minimum Gasteiger partial charge on any atom is -0.481 e. The standard InChI is InChI=1S/C20H25N3O5/c1-13(24)18(20(26)23-27)22-19(25)15-6-10-17(11-7-15)28-12-2-3-14-4-8-16(21)9-5-14/h4-6,8,10-11,13,15-16,18,24,27H,7,9,12,21H2,1H3,(H,22,25)(H,23,26)/t13-,15?,16?,18+/m1/s1. The molecule has 0 fully saturated rings. The molecule has 2 rings (SSSR count). The van der Waals surface area contributed by atoms with E-state index in [2.05, 4.69) is 17.2 Å². The van der Waals surface area contributed by atoms with Crippen molar-refractivity contribution in [1.29, 1.82) is 0 Å². The molecule has 150 valence electrons. The number of aliphatic hydroxyl groups excluding tert-OH is 1. The number of rotatable bonds is 6. The molecule has 6 N–H and O–H groups in total. The van der Waals surface area contributed by atoms with Gasteiger partial charge in [0.15, 0.2) is 0 Å². The first-order valence-electron chi connectivity index (χ1n) is 8.97. The molecule has 2 amide bonds. The van der Waals surface area contributed by atoms with Crippen LogP contribution in [0.1, 0.15) is 19.8 Å². The van der Waals surface area contributed by atoms with Gasteiger partial charge >= 0.3 is 0 Å². The molecule has 2 aliphatic rings. The van der Waals surface area contributed by atoms with Gasteiger partial charge in [-0.2, -0.15) is 0 Å². The third-order valence-corrected chi connectivity index (χ3v) is 4.25. The van der Waals surface area contributed by atoms with Gasteiger partial charge in [0.1, 0.15) is 18.4 Å². The van der Waals surface area contributed by atoms with Crippen LogP contribution < -0.4 is 16.5 Å². The third-order valence-electron chi connectivity index (χ3n) is 4.25. The first kappa shape index (κ1) is 21.4. The molecule has 0 bridgehead atoms. The Morgan fingerprint density at radius 2 is 2.11 bits per heavy atom. The SMILES string of the molecule is C[C@@H](O)[C@H](NC(=O)C1C=CC(OCC#CC2=CCC(N)C=C2)=CC1)C(=O)NO. The van der Waals surface area contributed by atoms with Crippen LogP contribution >= 0.6 is 0 Å². The average molecular weight is 387 g/mol. The van der Waals surface area contributed by atoms with Crippen LogP contribution in [0.15, 0.2) is 47.8 Å². The number of ether oxygens (including phenoxy) is 1. The fraction of sp³-hybridized carbons (Fsp3) is 0.400. The zero-order chi connectivity index (χ0) is 20.5. The lowest BCUT2D eigenvalue weighted by molar-refractivity contribution is -0.138. The summed E-state index contributed by atoms with van der Waals surface area (Å²) in [5.41, 5.74) is 8.09. The predicted octanol–water partition coefficient (Wildman–Crippen LogP) is 0.0510. The highest BCUT2D eigenvalue weighted by Crippen LogP contribution is 2.18. The molecule has 4 atom stereocenters. The van der Waals surface area contributed by atoms with E-state index in [0.717, 1.165) is 12.0 Å². The molecule has 0 aliphatic heterocycles. The van der Waals surface area contributed by atoms with E-state index in [1.807, 2.05) is 18.2 Å². The summed E-state index contributed by atoms with van der Waals surface area (Å²) in [5, 5.41) is 20.7. The zero-order valence-electron chi connectivity index (χ0n) is 15.6. The van der Waals surface area contributed by atoms with Crippen molar-refractivity contribution in [2.45, 2.75) is 38.0 Å². The minimum atomic E-state index is -1.24. The molecule has 0 radical (unpaired) electrons. The highest BCUT2D eigenvalue weighted by molar-refractivity contribution is 5.89. The maximum absolute atomic E-state index is 12.2. The van der Waals surface area contributed by atoms with Crippen molar-refractivity contribution in [3.05, 3.63) is 47.8 Å². The van der Waals surface area contributed by atoms with Gasteiger partial charge in [0, 0.05) is 11.6 Å². The van der Waals surface area contributed by atoms with E-state index < -0.39 is 29.9 Å². The van der Waals surface area contributed by atoms with Crippen molar-refractivity contribution >= 4 is 11.8 Å². The van der Waals surface area contributed by atoms with Gasteiger partial charge in [-0.05, 0) is 38.0 Å². The number of carbonyl (C=O) groups excluding carboxylic acids is 2. The number of carbonyl (C=O) groups is 2. The van der Waals surface area contributed by atoms with E-state index in [1.165, 1.54) is 12.4 Å². The predicted molar refractivity (Wildman–Crippen MR) is 102 cm³/mol. The number of aliphatic hydroxyl groups is 1. The van der Waals surface area contributed by atoms with Gasteiger partial charge in [-0.15, -0.1) is 0 Å². The van der Waals surface area contributed by atoms with Gasteiger partial charge in [-0.1, -0.05) is 30.1 Å². The topological polar surface area (TPSA) is 134 Å². The Hall–Kier alpha value is -2.86. The molecule has 28 heavy (non-hydrogen) atoms. The molecule has 2 aliphatic carbocycles. The lowest BCUT2D eigenvalue weighted by atomic mass is 9.98. The maximum Gasteiger partial charge on any atom is 0.268 e. The second-order valence-corrected chi connectivity index (χ2v) is 6.52. The molecule has 0 aromatic heterocycles. The first-order valence-corrected chi connectivity index (χ1v) is 8.97. The summed E-state index contributed by atoms with van der Waals surface area (Å²) in [4.78, 5) is 23.7. The summed E-state index contributed by atoms with van der Waals surface area (Å²) in [7, 11) is 0. The lowest BCUT2D eigenvalue weighted by Crippen LogP contribution is -2.53. The molecule has 2 unspecified atom stereocenters. The number of hydrogen-bond acceptors (Lipinski definition) is 6. The summed E-state index contributed by atoms with van der Waals surface area (Å²) < 4.78 is 5.55. The summed E-state index contributed by atoms with van der Waals surface area (Å²) in [5.74, 6) is 4.71. The van der Waals surface area contributed by atoms with Crippen molar-refractivity contribution in [3.63, 3.8) is 0 Å². The maximum atomic E-state index is 12.2. The molecule has 0 saturated heterocycles. The summed E-state index contributed by atoms with van der Waals surface area (Å²) >= 11 is 0. The van der Waals surface area contributed by atoms with Gasteiger partial charge in [0.2, 0.25) is 5.91 Å². The van der Waals surface area contributed by atoms with Crippen LogP contribution in [-0.2, 0) is 14.3 Å². The van der Waals surface area contributed by atoms with Crippen LogP contribution in [0.2, 0.25) is 0 Å². The van der Waals surface area contributed by atoms with E-state index in [4.69, 9.17) is 15.7 Å². The zero-order valence-corrected chi connectivity index (χ0v) is 15.6. The number of hydrogen-bond donors (Lipinski definition) is 5. The number of nitrogens with two attached hydrogens (primary N) is 1. The van der Waals surface area contributed by atoms with Crippen molar-refractivity contribution in [1.82, 2.24) is 10.8 Å². The molecule has 0 aromatic rings. The second-order valence-electron chi connectivity index (χ2n) is 6.52. The average Bonchev–Trinajstić information content (AvgIpc) is 2.70. The highest BCUT2D eigenvalue weighted by atomic mass is 16.5. The molecule has 0 heterocycles. The Morgan fingerprint density at radius 3 is 2.68 bits per heavy atom. The first-order chi connectivity index (χ1) is 13.4. The van der Waals surface area contributed by atoms with Gasteiger partial charge in [-0.3, -0.25) is 14.8 Å². The van der Waals surface area contributed by atoms with Crippen molar-refractivity contribution in [2.24, 2.45) is 11.7 Å². The fourth-order valence-electron chi connectivity index (χ4n) is 2.62. The highest BCUT2D eigenvalue weighted by Gasteiger charge is 2.28. The van der Waals surface area contributed by atoms with Crippen LogP contribution in [0.4, 0.5) is 0 Å². The van der Waals surface area contributed by atoms with E-state index >= 15 is 0 Å². The van der Waals surface area contributed by atoms with Crippen LogP contribution in [-0.4, -0.2) is 46.9 Å². The number of allylic oxidation sites excluding steroid dienone is 4. The second kappa shape index (κ2) is 10.5. The van der Waals surface area contributed by atoms with E-state index in [1.54, 1.807) is 18.2 Å². The Bertz CT molecular complexity index is 770. The van der Waals surface area contributed by atoms with Crippen LogP contribution in [0.3, 0.4) is 0 Å². The Morgan fingerprint density at radius 1 is 1.32 bits per heavy atom. The third kappa shape index (κ3) is 6.39. The Kier molecular flexibility index (Phi) is 8.02. The molecule has 8 nitrogen and oxygen atoms in total. The monoisotopic (exact) mass is 387 g/mol. The van der Waals surface area contributed by atoms with E-state index in [9.17, 15) is 14.7 Å². The summed E-state index contributed by atoms with van der Waals surface area (Å²) in [6, 6.07) is -1.18. The Labute approximate surface area is 163 Å². The van der Waals surface area contributed by atoms with Crippen LogP contribution in [0, 0.1) is 17.8 Å². The van der Waals surface area contributed by atoms with Crippen LogP contribution in [0.25, 0.3) is 0 Å². The van der Waals surface area contributed by atoms with Crippen molar-refractivity contribution < 1.29 is 24.6 Å². The largest absolute Gasteiger partial charge is 0.481 e. The van der Waals surface area contributed by atoms with Crippen molar-refractivity contribution in [2.75, 3.05) is 6.61 Å². The molecular weight excluding hydrogens is 362 g/mol. The van der Waals surface area contributed by atoms with Gasteiger partial charge < -0.3 is 20.9 Å². The smallest absolute Gasteiger partial charge is 0.268 e. The van der Waals surface area contributed by atoms with E-state index in [-0.39, 0.29) is 12.6 Å². The van der Waals surface area contributed by atoms with Gasteiger partial charge in [-0.25, -0.2) is 5.48 Å². The normalized spacial score (nSPS) is 22.7. The summed E-state index contributed by atoms with van der Waals surface area (Å²) in [6.07, 6.45) is 10.9. The molecule has 8 heteroatoms. The fourth-order valence-corrected chi connectivity index (χ4v) is 2.62. The van der Waals surface area contributed by atoms with Crippen LogP contribution in [0.5, 0.6) is 0 Å². The quantitative estimate of drug-likeness (QED) is 0.248. The van der Waals surface area contributed by atoms with Gasteiger partial charge in [0.05, 0.1) is 12.0 Å². The minimum absolute atomic E-state index is 0.0540. The molecular formula is C20H25N3O5. The van der Waals surface area contributed by atoms with Gasteiger partial charge in [0.25, 0.3) is 5.91 Å². The molecule has 0 saturated carbocycles. The lowest BCUT2D eigenvalue weighted by Gasteiger charge is -2.22. The number of nitrogens with one attached hydrogen (secondary N) is 2. The van der Waals surface area contributed by atoms with Crippen molar-refractivity contribution in [3.8, 4) is 11.8 Å².